The van der Waals surface area contributed by atoms with Gasteiger partial charge < -0.3 is 10.1 Å². The van der Waals surface area contributed by atoms with Crippen molar-refractivity contribution in [1.29, 1.82) is 0 Å². The first-order valence-corrected chi connectivity index (χ1v) is 4.07. The summed E-state index contributed by atoms with van der Waals surface area (Å²) in [6, 6.07) is 0. The smallest absolute Gasteiger partial charge is 0.0671 e. The van der Waals surface area contributed by atoms with Gasteiger partial charge in [-0.05, 0) is 20.4 Å². The Morgan fingerprint density at radius 1 is 1.50 bits per heavy atom. The average Bonchev–Trinajstić information content (AvgIpc) is 1.89. The summed E-state index contributed by atoms with van der Waals surface area (Å²) in [5.41, 5.74) is 0. The van der Waals surface area contributed by atoms with Crippen molar-refractivity contribution < 1.29 is 4.74 Å². The first kappa shape index (κ1) is 9.92. The van der Waals surface area contributed by atoms with Gasteiger partial charge in [-0.1, -0.05) is 13.3 Å². The second-order valence-electron chi connectivity index (χ2n) is 2.59. The molecule has 0 saturated heterocycles. The molecule has 0 aromatic rings. The number of hydrogen-bond donors (Lipinski definition) is 1. The molecule has 0 rings (SSSR count). The molecule has 0 spiro atoms. The number of rotatable bonds is 6. The molecule has 0 radical (unpaired) electrons. The molecule has 2 nitrogen and oxygen atoms in total. The van der Waals surface area contributed by atoms with Gasteiger partial charge in [-0.25, -0.2) is 0 Å². The zero-order chi connectivity index (χ0) is 7.82. The van der Waals surface area contributed by atoms with Crippen LogP contribution in [0.3, 0.4) is 0 Å². The Kier molecular flexibility index (Phi) is 6.98. The van der Waals surface area contributed by atoms with E-state index >= 15 is 0 Å². The quantitative estimate of drug-likeness (QED) is 0.571. The number of nitrogens with one attached hydrogen (secondary N) is 1. The van der Waals surface area contributed by atoms with Gasteiger partial charge in [0.1, 0.15) is 0 Å². The maximum absolute atomic E-state index is 5.46. The Morgan fingerprint density at radius 2 is 2.20 bits per heavy atom. The highest BCUT2D eigenvalue weighted by Crippen LogP contribution is 1.92. The molecular formula is C8H19NO. The molecule has 62 valence electrons. The average molecular weight is 145 g/mol. The van der Waals surface area contributed by atoms with Crippen LogP contribution in [0.2, 0.25) is 0 Å². The summed E-state index contributed by atoms with van der Waals surface area (Å²) in [6.07, 6.45) is 2.75. The minimum atomic E-state index is 0.358. The molecule has 2 heteroatoms. The van der Waals surface area contributed by atoms with Crippen LogP contribution in [0, 0.1) is 0 Å². The maximum atomic E-state index is 5.46. The molecule has 0 aliphatic heterocycles. The second-order valence-corrected chi connectivity index (χ2v) is 2.59. The fourth-order valence-electron chi connectivity index (χ4n) is 0.775. The van der Waals surface area contributed by atoms with E-state index in [-0.39, 0.29) is 0 Å². The summed E-state index contributed by atoms with van der Waals surface area (Å²) in [4.78, 5) is 0. The van der Waals surface area contributed by atoms with Gasteiger partial charge in [0.2, 0.25) is 0 Å². The Hall–Kier alpha value is -0.0800. The molecule has 0 heterocycles. The van der Waals surface area contributed by atoms with E-state index < -0.39 is 0 Å². The van der Waals surface area contributed by atoms with Crippen LogP contribution in [-0.4, -0.2) is 26.3 Å². The van der Waals surface area contributed by atoms with Crippen LogP contribution in [0.15, 0.2) is 0 Å². The highest BCUT2D eigenvalue weighted by molar-refractivity contribution is 4.50. The standard InChI is InChI=1S/C8H19NO/c1-4-5-6-10-8(2)7-9-3/h8-9H,4-7H2,1-3H3. The number of hydrogen-bond acceptors (Lipinski definition) is 2. The van der Waals surface area contributed by atoms with Crippen molar-refractivity contribution >= 4 is 0 Å². The van der Waals surface area contributed by atoms with Crippen LogP contribution in [0.4, 0.5) is 0 Å². The summed E-state index contributed by atoms with van der Waals surface area (Å²) < 4.78 is 5.46. The Labute approximate surface area is 64.0 Å². The van der Waals surface area contributed by atoms with Crippen molar-refractivity contribution in [1.82, 2.24) is 5.32 Å². The molecule has 0 fully saturated rings. The van der Waals surface area contributed by atoms with Gasteiger partial charge in [0.05, 0.1) is 6.10 Å². The van der Waals surface area contributed by atoms with Crippen molar-refractivity contribution in [3.8, 4) is 0 Å². The first-order valence-electron chi connectivity index (χ1n) is 4.07. The van der Waals surface area contributed by atoms with Gasteiger partial charge >= 0.3 is 0 Å². The van der Waals surface area contributed by atoms with Crippen LogP contribution in [0.1, 0.15) is 26.7 Å². The van der Waals surface area contributed by atoms with Crippen molar-refractivity contribution in [2.45, 2.75) is 32.8 Å². The molecule has 0 saturated carbocycles. The number of ether oxygens (including phenoxy) is 1. The Bertz CT molecular complexity index is 66.3. The topological polar surface area (TPSA) is 21.3 Å². The lowest BCUT2D eigenvalue weighted by Gasteiger charge is -2.11. The summed E-state index contributed by atoms with van der Waals surface area (Å²) in [6.45, 7) is 6.11. The predicted octanol–water partition coefficient (Wildman–Crippen LogP) is 1.41. The lowest BCUT2D eigenvalue weighted by molar-refractivity contribution is 0.0653. The molecule has 0 aliphatic carbocycles. The largest absolute Gasteiger partial charge is 0.377 e. The van der Waals surface area contributed by atoms with E-state index in [0.717, 1.165) is 13.2 Å². The SMILES string of the molecule is CCCCOC(C)CNC. The second kappa shape index (κ2) is 7.03. The van der Waals surface area contributed by atoms with Gasteiger partial charge in [-0.3, -0.25) is 0 Å². The van der Waals surface area contributed by atoms with Gasteiger partial charge in [-0.2, -0.15) is 0 Å². The third kappa shape index (κ3) is 6.05. The van der Waals surface area contributed by atoms with E-state index in [2.05, 4.69) is 19.2 Å². The zero-order valence-electron chi connectivity index (χ0n) is 7.31. The minimum Gasteiger partial charge on any atom is -0.377 e. The fraction of sp³-hybridized carbons (Fsp3) is 1.00. The van der Waals surface area contributed by atoms with E-state index in [9.17, 15) is 0 Å². The molecule has 0 bridgehead atoms. The molecule has 1 unspecified atom stereocenters. The molecule has 1 N–H and O–H groups in total. The van der Waals surface area contributed by atoms with E-state index in [1.807, 2.05) is 7.05 Å². The van der Waals surface area contributed by atoms with Gasteiger partial charge in [0.15, 0.2) is 0 Å². The summed E-state index contributed by atoms with van der Waals surface area (Å²) in [5, 5.41) is 3.07. The molecule has 0 amide bonds. The maximum Gasteiger partial charge on any atom is 0.0671 e. The van der Waals surface area contributed by atoms with Crippen LogP contribution >= 0.6 is 0 Å². The molecule has 0 aromatic heterocycles. The normalized spacial score (nSPS) is 13.5. The minimum absolute atomic E-state index is 0.358. The summed E-state index contributed by atoms with van der Waals surface area (Å²) >= 11 is 0. The molecule has 0 aromatic carbocycles. The zero-order valence-corrected chi connectivity index (χ0v) is 7.31. The molecule has 10 heavy (non-hydrogen) atoms. The summed E-state index contributed by atoms with van der Waals surface area (Å²) in [5.74, 6) is 0. The van der Waals surface area contributed by atoms with Crippen molar-refractivity contribution in [2.75, 3.05) is 20.2 Å². The highest BCUT2D eigenvalue weighted by Gasteiger charge is 1.97. The van der Waals surface area contributed by atoms with Crippen LogP contribution in [0.5, 0.6) is 0 Å². The van der Waals surface area contributed by atoms with E-state index in [0.29, 0.717) is 6.10 Å². The van der Waals surface area contributed by atoms with E-state index in [1.54, 1.807) is 0 Å². The molecule has 1 atom stereocenters. The number of unbranched alkanes of at least 4 members (excludes halogenated alkanes) is 1. The monoisotopic (exact) mass is 145 g/mol. The Balaban J connectivity index is 2.97. The van der Waals surface area contributed by atoms with E-state index in [1.165, 1.54) is 12.8 Å². The fourth-order valence-corrected chi connectivity index (χ4v) is 0.775. The predicted molar refractivity (Wildman–Crippen MR) is 44.2 cm³/mol. The van der Waals surface area contributed by atoms with E-state index in [4.69, 9.17) is 4.74 Å². The van der Waals surface area contributed by atoms with Crippen molar-refractivity contribution in [2.24, 2.45) is 0 Å². The third-order valence-corrected chi connectivity index (χ3v) is 1.39. The van der Waals surface area contributed by atoms with Gasteiger partial charge in [-0.15, -0.1) is 0 Å². The molecular weight excluding hydrogens is 126 g/mol. The molecule has 0 aliphatic rings. The Morgan fingerprint density at radius 3 is 2.70 bits per heavy atom. The van der Waals surface area contributed by atoms with Crippen molar-refractivity contribution in [3.63, 3.8) is 0 Å². The van der Waals surface area contributed by atoms with Crippen molar-refractivity contribution in [3.05, 3.63) is 0 Å². The third-order valence-electron chi connectivity index (χ3n) is 1.39. The van der Waals surface area contributed by atoms with Gasteiger partial charge in [0.25, 0.3) is 0 Å². The van der Waals surface area contributed by atoms with Crippen LogP contribution in [-0.2, 0) is 4.74 Å². The van der Waals surface area contributed by atoms with Crippen LogP contribution < -0.4 is 5.32 Å². The van der Waals surface area contributed by atoms with Crippen LogP contribution in [0.25, 0.3) is 0 Å². The first-order chi connectivity index (χ1) is 4.81. The lowest BCUT2D eigenvalue weighted by atomic mass is 10.3. The summed E-state index contributed by atoms with van der Waals surface area (Å²) in [7, 11) is 1.94. The van der Waals surface area contributed by atoms with Gasteiger partial charge in [0, 0.05) is 13.2 Å². The number of likely N-dealkylation sites (N-methyl/N-ethyl adjacent to an activating group) is 1. The lowest BCUT2D eigenvalue weighted by Crippen LogP contribution is -2.23. The highest BCUT2D eigenvalue weighted by atomic mass is 16.5.